The fraction of sp³-hybridized carbons (Fsp3) is 0.100. The highest BCUT2D eigenvalue weighted by Gasteiger charge is 2.15. The number of aromatic hydroxyl groups is 1. The lowest BCUT2D eigenvalue weighted by Crippen LogP contribution is -2.13. The van der Waals surface area contributed by atoms with Crippen LogP contribution in [0.3, 0.4) is 0 Å². The van der Waals surface area contributed by atoms with Crippen LogP contribution in [-0.2, 0) is 0 Å². The van der Waals surface area contributed by atoms with E-state index in [0.29, 0.717) is 16.8 Å². The highest BCUT2D eigenvalue weighted by Crippen LogP contribution is 2.34. The first kappa shape index (κ1) is 17.0. The van der Waals surface area contributed by atoms with Gasteiger partial charge in [-0.15, -0.1) is 0 Å². The molecule has 0 unspecified atom stereocenters. The number of nitriles is 1. The number of phenols is 1. The highest BCUT2D eigenvalue weighted by molar-refractivity contribution is 9.10. The Hall–Kier alpha value is -2.84. The Kier molecular flexibility index (Phi) is 4.47. The predicted molar refractivity (Wildman–Crippen MR) is 101 cm³/mol. The van der Waals surface area contributed by atoms with E-state index < -0.39 is 5.56 Å². The Morgan fingerprint density at radius 2 is 1.80 bits per heavy atom. The van der Waals surface area contributed by atoms with Crippen molar-refractivity contribution in [2.45, 2.75) is 13.8 Å². The summed E-state index contributed by atoms with van der Waals surface area (Å²) >= 11 is 3.37. The SMILES string of the molecule is Cc1ccc(-c2cc(-c3cc(Br)ccc3O)[nH]c(=O)c2C#N)c(C)c1. The Balaban J connectivity index is 2.32. The zero-order chi connectivity index (χ0) is 18.1. The molecule has 0 spiro atoms. The Bertz CT molecular complexity index is 1080. The van der Waals surface area contributed by atoms with Crippen LogP contribution in [0.2, 0.25) is 0 Å². The molecule has 0 fully saturated rings. The smallest absolute Gasteiger partial charge is 0.266 e. The van der Waals surface area contributed by atoms with Crippen molar-refractivity contribution in [1.29, 1.82) is 5.26 Å². The summed E-state index contributed by atoms with van der Waals surface area (Å²) in [5.74, 6) is 0.0511. The molecule has 0 aliphatic heterocycles. The number of phenolic OH excluding ortho intramolecular Hbond substituents is 1. The van der Waals surface area contributed by atoms with Crippen LogP contribution in [-0.4, -0.2) is 10.1 Å². The summed E-state index contributed by atoms with van der Waals surface area (Å²) in [6.07, 6.45) is 0. The van der Waals surface area contributed by atoms with Crippen molar-refractivity contribution < 1.29 is 5.11 Å². The van der Waals surface area contributed by atoms with Gasteiger partial charge in [0.25, 0.3) is 5.56 Å². The zero-order valence-corrected chi connectivity index (χ0v) is 15.3. The first-order chi connectivity index (χ1) is 11.9. The van der Waals surface area contributed by atoms with E-state index in [-0.39, 0.29) is 11.3 Å². The van der Waals surface area contributed by atoms with E-state index in [4.69, 9.17) is 0 Å². The maximum Gasteiger partial charge on any atom is 0.266 e. The first-order valence-corrected chi connectivity index (χ1v) is 8.44. The van der Waals surface area contributed by atoms with Crippen molar-refractivity contribution in [3.63, 3.8) is 0 Å². The van der Waals surface area contributed by atoms with Crippen molar-refractivity contribution in [2.24, 2.45) is 0 Å². The van der Waals surface area contributed by atoms with E-state index in [1.807, 2.05) is 38.1 Å². The summed E-state index contributed by atoms with van der Waals surface area (Å²) in [5, 5.41) is 19.6. The fourth-order valence-corrected chi connectivity index (χ4v) is 3.23. The fourth-order valence-electron chi connectivity index (χ4n) is 2.87. The second-order valence-electron chi connectivity index (χ2n) is 5.89. The summed E-state index contributed by atoms with van der Waals surface area (Å²) in [6.45, 7) is 3.94. The molecule has 1 heterocycles. The van der Waals surface area contributed by atoms with Crippen LogP contribution in [0.5, 0.6) is 5.75 Å². The molecule has 4 nitrogen and oxygen atoms in total. The molecule has 0 aliphatic carbocycles. The number of H-pyrrole nitrogens is 1. The van der Waals surface area contributed by atoms with E-state index >= 15 is 0 Å². The molecule has 25 heavy (non-hydrogen) atoms. The maximum atomic E-state index is 12.4. The van der Waals surface area contributed by atoms with Gasteiger partial charge in [-0.1, -0.05) is 39.7 Å². The number of hydrogen-bond acceptors (Lipinski definition) is 3. The summed E-state index contributed by atoms with van der Waals surface area (Å²) in [4.78, 5) is 15.1. The standard InChI is InChI=1S/C20H15BrN2O2/c1-11-3-5-14(12(2)7-11)15-9-18(23-20(25)17(15)10-22)16-8-13(21)4-6-19(16)24/h3-9,24H,1-2H3,(H,23,25). The molecule has 3 aromatic rings. The lowest BCUT2D eigenvalue weighted by Gasteiger charge is -2.12. The molecule has 0 amide bonds. The first-order valence-electron chi connectivity index (χ1n) is 7.64. The number of aromatic nitrogens is 1. The topological polar surface area (TPSA) is 76.9 Å². The normalized spacial score (nSPS) is 10.5. The van der Waals surface area contributed by atoms with Crippen LogP contribution < -0.4 is 5.56 Å². The number of aryl methyl sites for hydroxylation is 2. The lowest BCUT2D eigenvalue weighted by molar-refractivity contribution is 0.477. The number of aromatic amines is 1. The molecule has 124 valence electrons. The molecule has 2 aromatic carbocycles. The average Bonchev–Trinajstić information content (AvgIpc) is 2.56. The Morgan fingerprint density at radius 1 is 1.04 bits per heavy atom. The minimum absolute atomic E-state index is 0.0511. The van der Waals surface area contributed by atoms with Crippen molar-refractivity contribution >= 4 is 15.9 Å². The summed E-state index contributed by atoms with van der Waals surface area (Å²) in [5.41, 5.74) is 3.99. The third kappa shape index (κ3) is 3.21. The van der Waals surface area contributed by atoms with Crippen LogP contribution in [0, 0.1) is 25.2 Å². The number of pyridine rings is 1. The minimum atomic E-state index is -0.477. The van der Waals surface area contributed by atoms with E-state index in [9.17, 15) is 15.2 Å². The number of benzene rings is 2. The Labute approximate surface area is 153 Å². The second-order valence-corrected chi connectivity index (χ2v) is 6.81. The third-order valence-electron chi connectivity index (χ3n) is 4.07. The van der Waals surface area contributed by atoms with Gasteiger partial charge in [0.2, 0.25) is 0 Å². The van der Waals surface area contributed by atoms with Gasteiger partial charge in [-0.25, -0.2) is 0 Å². The van der Waals surface area contributed by atoms with Crippen LogP contribution in [0.25, 0.3) is 22.4 Å². The molecule has 5 heteroatoms. The number of halogens is 1. The number of rotatable bonds is 2. The van der Waals surface area contributed by atoms with Crippen LogP contribution >= 0.6 is 15.9 Å². The van der Waals surface area contributed by atoms with E-state index in [1.165, 1.54) is 0 Å². The van der Waals surface area contributed by atoms with Gasteiger partial charge >= 0.3 is 0 Å². The summed E-state index contributed by atoms with van der Waals surface area (Å²) in [7, 11) is 0. The quantitative estimate of drug-likeness (QED) is 0.662. The van der Waals surface area contributed by atoms with Crippen molar-refractivity contribution in [3.8, 4) is 34.2 Å². The summed E-state index contributed by atoms with van der Waals surface area (Å²) in [6, 6.07) is 14.6. The molecule has 0 atom stereocenters. The minimum Gasteiger partial charge on any atom is -0.507 e. The van der Waals surface area contributed by atoms with Gasteiger partial charge in [0.1, 0.15) is 17.4 Å². The van der Waals surface area contributed by atoms with Crippen molar-refractivity contribution in [1.82, 2.24) is 4.98 Å². The maximum absolute atomic E-state index is 12.4. The largest absolute Gasteiger partial charge is 0.507 e. The average molecular weight is 395 g/mol. The molecule has 3 rings (SSSR count). The van der Waals surface area contributed by atoms with Crippen molar-refractivity contribution in [2.75, 3.05) is 0 Å². The van der Waals surface area contributed by atoms with E-state index in [1.54, 1.807) is 24.3 Å². The van der Waals surface area contributed by atoms with Gasteiger partial charge in [0.15, 0.2) is 0 Å². The number of hydrogen-bond donors (Lipinski definition) is 2. The van der Waals surface area contributed by atoms with Gasteiger partial charge in [0, 0.05) is 15.6 Å². The molecule has 0 saturated heterocycles. The zero-order valence-electron chi connectivity index (χ0n) is 13.7. The third-order valence-corrected chi connectivity index (χ3v) is 4.56. The molecule has 0 aliphatic rings. The highest BCUT2D eigenvalue weighted by atomic mass is 79.9. The van der Waals surface area contributed by atoms with Crippen LogP contribution in [0.4, 0.5) is 0 Å². The van der Waals surface area contributed by atoms with Gasteiger partial charge in [-0.05, 0) is 49.2 Å². The molecular formula is C20H15BrN2O2. The molecule has 1 aromatic heterocycles. The van der Waals surface area contributed by atoms with Gasteiger partial charge < -0.3 is 10.1 Å². The Morgan fingerprint density at radius 3 is 2.48 bits per heavy atom. The van der Waals surface area contributed by atoms with Crippen LogP contribution in [0.1, 0.15) is 16.7 Å². The number of nitrogens with zero attached hydrogens (tertiary/aromatic N) is 1. The lowest BCUT2D eigenvalue weighted by atomic mass is 9.94. The second kappa shape index (κ2) is 6.58. The predicted octanol–water partition coefficient (Wildman–Crippen LogP) is 4.67. The summed E-state index contributed by atoms with van der Waals surface area (Å²) < 4.78 is 0.776. The number of nitrogens with one attached hydrogen (secondary N) is 1. The van der Waals surface area contributed by atoms with Gasteiger partial charge in [-0.3, -0.25) is 4.79 Å². The molecule has 0 radical (unpaired) electrons. The molecule has 0 saturated carbocycles. The van der Waals surface area contributed by atoms with Gasteiger partial charge in [0.05, 0.1) is 5.69 Å². The van der Waals surface area contributed by atoms with Crippen LogP contribution in [0.15, 0.2) is 51.7 Å². The van der Waals surface area contributed by atoms with Crippen molar-refractivity contribution in [3.05, 3.63) is 74.0 Å². The van der Waals surface area contributed by atoms with E-state index in [0.717, 1.165) is 21.2 Å². The molecular weight excluding hydrogens is 380 g/mol. The van der Waals surface area contributed by atoms with E-state index in [2.05, 4.69) is 20.9 Å². The monoisotopic (exact) mass is 394 g/mol. The molecule has 2 N–H and O–H groups in total. The molecule has 0 bridgehead atoms. The van der Waals surface area contributed by atoms with Gasteiger partial charge in [-0.2, -0.15) is 5.26 Å².